The van der Waals surface area contributed by atoms with Crippen LogP contribution in [0, 0.1) is 6.92 Å². The highest BCUT2D eigenvalue weighted by Crippen LogP contribution is 2.24. The van der Waals surface area contributed by atoms with Crippen LogP contribution in [0.1, 0.15) is 16.7 Å². The SMILES string of the molecule is Cc1ccc(SCc2ccccc2CC(=O)NN)cc1. The lowest BCUT2D eigenvalue weighted by molar-refractivity contribution is -0.120. The highest BCUT2D eigenvalue weighted by molar-refractivity contribution is 7.98. The molecule has 4 heteroatoms. The monoisotopic (exact) mass is 286 g/mol. The van der Waals surface area contributed by atoms with Crippen LogP contribution in [0.25, 0.3) is 0 Å². The van der Waals surface area contributed by atoms with Gasteiger partial charge in [-0.05, 0) is 30.2 Å². The van der Waals surface area contributed by atoms with Crippen LogP contribution in [0.15, 0.2) is 53.4 Å². The molecule has 3 nitrogen and oxygen atoms in total. The highest BCUT2D eigenvalue weighted by atomic mass is 32.2. The van der Waals surface area contributed by atoms with E-state index in [9.17, 15) is 4.79 Å². The van der Waals surface area contributed by atoms with Gasteiger partial charge in [-0.3, -0.25) is 10.2 Å². The smallest absolute Gasteiger partial charge is 0.238 e. The van der Waals surface area contributed by atoms with Crippen molar-refractivity contribution >= 4 is 17.7 Å². The molecule has 20 heavy (non-hydrogen) atoms. The first-order chi connectivity index (χ1) is 9.69. The molecule has 0 spiro atoms. The molecule has 0 radical (unpaired) electrons. The van der Waals surface area contributed by atoms with Crippen molar-refractivity contribution in [3.05, 3.63) is 65.2 Å². The number of rotatable bonds is 5. The predicted molar refractivity (Wildman–Crippen MR) is 83.2 cm³/mol. The summed E-state index contributed by atoms with van der Waals surface area (Å²) >= 11 is 1.77. The molecule has 2 aromatic rings. The molecular formula is C16H18N2OS. The van der Waals surface area contributed by atoms with Crippen molar-refractivity contribution in [2.24, 2.45) is 5.84 Å². The van der Waals surface area contributed by atoms with Crippen LogP contribution in [0.3, 0.4) is 0 Å². The number of benzene rings is 2. The van der Waals surface area contributed by atoms with Crippen molar-refractivity contribution in [2.75, 3.05) is 0 Å². The third-order valence-corrected chi connectivity index (χ3v) is 4.11. The van der Waals surface area contributed by atoms with Crippen molar-refractivity contribution in [2.45, 2.75) is 24.0 Å². The number of hydrogen-bond acceptors (Lipinski definition) is 3. The van der Waals surface area contributed by atoms with Crippen molar-refractivity contribution < 1.29 is 4.79 Å². The summed E-state index contributed by atoms with van der Waals surface area (Å²) in [7, 11) is 0. The Kier molecular flexibility index (Phi) is 5.21. The van der Waals surface area contributed by atoms with Crippen LogP contribution in [0.5, 0.6) is 0 Å². The molecule has 3 N–H and O–H groups in total. The molecule has 0 aromatic heterocycles. The maximum atomic E-state index is 11.4. The summed E-state index contributed by atoms with van der Waals surface area (Å²) in [6.07, 6.45) is 0.321. The zero-order valence-electron chi connectivity index (χ0n) is 11.4. The second kappa shape index (κ2) is 7.12. The van der Waals surface area contributed by atoms with E-state index in [0.717, 1.165) is 11.3 Å². The normalized spacial score (nSPS) is 10.3. The second-order valence-electron chi connectivity index (χ2n) is 4.61. The van der Waals surface area contributed by atoms with Gasteiger partial charge >= 0.3 is 0 Å². The largest absolute Gasteiger partial charge is 0.294 e. The summed E-state index contributed by atoms with van der Waals surface area (Å²) < 4.78 is 0. The molecule has 0 aliphatic heterocycles. The van der Waals surface area contributed by atoms with Crippen LogP contribution in [0.4, 0.5) is 0 Å². The molecule has 0 fully saturated rings. The van der Waals surface area contributed by atoms with Gasteiger partial charge in [0, 0.05) is 10.6 Å². The van der Waals surface area contributed by atoms with E-state index in [0.29, 0.717) is 6.42 Å². The molecule has 2 rings (SSSR count). The van der Waals surface area contributed by atoms with Crippen LogP contribution < -0.4 is 11.3 Å². The fourth-order valence-corrected chi connectivity index (χ4v) is 2.82. The zero-order chi connectivity index (χ0) is 14.4. The van der Waals surface area contributed by atoms with Gasteiger partial charge in [0.25, 0.3) is 0 Å². The van der Waals surface area contributed by atoms with E-state index in [2.05, 4.69) is 42.7 Å². The summed E-state index contributed by atoms with van der Waals surface area (Å²) in [4.78, 5) is 12.6. The third-order valence-electron chi connectivity index (χ3n) is 3.05. The first-order valence-corrected chi connectivity index (χ1v) is 7.43. The van der Waals surface area contributed by atoms with Gasteiger partial charge in [0.2, 0.25) is 5.91 Å². The molecule has 2 aromatic carbocycles. The maximum absolute atomic E-state index is 11.4. The lowest BCUT2D eigenvalue weighted by Gasteiger charge is -2.09. The molecule has 0 saturated heterocycles. The van der Waals surface area contributed by atoms with Gasteiger partial charge in [0.05, 0.1) is 6.42 Å². The Bertz CT molecular complexity index is 581. The van der Waals surface area contributed by atoms with Gasteiger partial charge in [-0.15, -0.1) is 11.8 Å². The molecule has 0 heterocycles. The lowest BCUT2D eigenvalue weighted by atomic mass is 10.1. The van der Waals surface area contributed by atoms with E-state index in [-0.39, 0.29) is 5.91 Å². The Balaban J connectivity index is 2.05. The quantitative estimate of drug-likeness (QED) is 0.384. The van der Waals surface area contributed by atoms with Crippen molar-refractivity contribution in [1.29, 1.82) is 0 Å². The van der Waals surface area contributed by atoms with Crippen molar-refractivity contribution in [3.63, 3.8) is 0 Å². The first kappa shape index (κ1) is 14.6. The standard InChI is InChI=1S/C16H18N2OS/c1-12-6-8-15(9-7-12)20-11-14-5-3-2-4-13(14)10-16(19)18-17/h2-9H,10-11,17H2,1H3,(H,18,19). The fraction of sp³-hybridized carbons (Fsp3) is 0.188. The number of amides is 1. The van der Waals surface area contributed by atoms with Gasteiger partial charge in [-0.25, -0.2) is 5.84 Å². The fourth-order valence-electron chi connectivity index (χ4n) is 1.89. The van der Waals surface area contributed by atoms with Gasteiger partial charge in [0.15, 0.2) is 0 Å². The number of thioether (sulfide) groups is 1. The Labute approximate surface area is 123 Å². The summed E-state index contributed by atoms with van der Waals surface area (Å²) in [5.74, 6) is 5.82. The molecule has 1 amide bonds. The zero-order valence-corrected chi connectivity index (χ0v) is 12.2. The predicted octanol–water partition coefficient (Wildman–Crippen LogP) is 2.82. The van der Waals surface area contributed by atoms with Crippen molar-refractivity contribution in [1.82, 2.24) is 5.43 Å². The summed E-state index contributed by atoms with van der Waals surface area (Å²) in [5, 5.41) is 0. The van der Waals surface area contributed by atoms with Crippen LogP contribution in [0.2, 0.25) is 0 Å². The van der Waals surface area contributed by atoms with E-state index in [4.69, 9.17) is 5.84 Å². The minimum Gasteiger partial charge on any atom is -0.294 e. The van der Waals surface area contributed by atoms with Gasteiger partial charge in [-0.1, -0.05) is 42.0 Å². The number of hydrazine groups is 1. The Hall–Kier alpha value is -1.78. The topological polar surface area (TPSA) is 55.1 Å². The Morgan fingerprint density at radius 1 is 1.10 bits per heavy atom. The van der Waals surface area contributed by atoms with Crippen LogP contribution >= 0.6 is 11.8 Å². The number of hydrogen-bond donors (Lipinski definition) is 2. The van der Waals surface area contributed by atoms with E-state index in [1.807, 2.05) is 18.2 Å². The average molecular weight is 286 g/mol. The molecular weight excluding hydrogens is 268 g/mol. The molecule has 0 unspecified atom stereocenters. The second-order valence-corrected chi connectivity index (χ2v) is 5.66. The molecule has 0 bridgehead atoms. The molecule has 0 atom stereocenters. The maximum Gasteiger partial charge on any atom is 0.238 e. The number of nitrogens with two attached hydrogens (primary N) is 1. The van der Waals surface area contributed by atoms with E-state index in [1.165, 1.54) is 16.0 Å². The number of carbonyl (C=O) groups excluding carboxylic acids is 1. The Morgan fingerprint density at radius 2 is 1.75 bits per heavy atom. The third kappa shape index (κ3) is 4.11. The molecule has 0 saturated carbocycles. The Morgan fingerprint density at radius 3 is 2.40 bits per heavy atom. The number of carbonyl (C=O) groups is 1. The summed E-state index contributed by atoms with van der Waals surface area (Å²) in [5.41, 5.74) is 5.63. The van der Waals surface area contributed by atoms with E-state index in [1.54, 1.807) is 11.8 Å². The minimum atomic E-state index is -0.169. The first-order valence-electron chi connectivity index (χ1n) is 6.44. The summed E-state index contributed by atoms with van der Waals surface area (Å²) in [6, 6.07) is 16.4. The van der Waals surface area contributed by atoms with Gasteiger partial charge in [-0.2, -0.15) is 0 Å². The molecule has 104 valence electrons. The van der Waals surface area contributed by atoms with E-state index < -0.39 is 0 Å². The van der Waals surface area contributed by atoms with Crippen LogP contribution in [-0.2, 0) is 17.0 Å². The summed E-state index contributed by atoms with van der Waals surface area (Å²) in [6.45, 7) is 2.08. The van der Waals surface area contributed by atoms with Crippen LogP contribution in [-0.4, -0.2) is 5.91 Å². The van der Waals surface area contributed by atoms with E-state index >= 15 is 0 Å². The van der Waals surface area contributed by atoms with Crippen molar-refractivity contribution in [3.8, 4) is 0 Å². The lowest BCUT2D eigenvalue weighted by Crippen LogP contribution is -2.31. The molecule has 0 aliphatic rings. The number of nitrogens with one attached hydrogen (secondary N) is 1. The van der Waals surface area contributed by atoms with Gasteiger partial charge in [0.1, 0.15) is 0 Å². The number of aryl methyl sites for hydroxylation is 1. The average Bonchev–Trinajstić information content (AvgIpc) is 2.48. The minimum absolute atomic E-state index is 0.169. The van der Waals surface area contributed by atoms with Gasteiger partial charge < -0.3 is 0 Å². The highest BCUT2D eigenvalue weighted by Gasteiger charge is 2.07. The molecule has 0 aliphatic carbocycles.